The first-order valence-electron chi connectivity index (χ1n) is 8.15. The van der Waals surface area contributed by atoms with Crippen molar-refractivity contribution in [3.05, 3.63) is 22.5 Å². The summed E-state index contributed by atoms with van der Waals surface area (Å²) >= 11 is 0. The molecular weight excluding hydrogens is 352 g/mol. The minimum atomic E-state index is -2.93. The Hall–Kier alpha value is -2.23. The van der Waals surface area contributed by atoms with Crippen molar-refractivity contribution in [2.24, 2.45) is 7.05 Å². The maximum absolute atomic E-state index is 12.4. The molecule has 2 heterocycles. The lowest BCUT2D eigenvalue weighted by Gasteiger charge is -2.28. The minimum Gasteiger partial charge on any atom is -0.471 e. The van der Waals surface area contributed by atoms with Gasteiger partial charge in [-0.15, -0.1) is 5.10 Å². The predicted molar refractivity (Wildman–Crippen MR) is 87.2 cm³/mol. The molecule has 1 aromatic rings. The van der Waals surface area contributed by atoms with Crippen LogP contribution in [-0.4, -0.2) is 58.3 Å². The van der Waals surface area contributed by atoms with Crippen LogP contribution in [0, 0.1) is 0 Å². The Balaban J connectivity index is 2.08. The number of hydrogen-bond acceptors (Lipinski definition) is 6. The van der Waals surface area contributed by atoms with E-state index in [9.17, 15) is 18.4 Å². The monoisotopic (exact) mass is 375 g/mol. The molecule has 0 unspecified atom stereocenters. The standard InChI is InChI=1S/C16H23F2N3O5/c1-16(2,3)26-15(23)21-8-11(7-10(21)9-24-14(17)18)25-12-5-6-13(22)20(4)19-12/h5-6,10-11,14H,7-9H2,1-4H3/t10-,11-/m0/s1. The van der Waals surface area contributed by atoms with Gasteiger partial charge in [0.05, 0.1) is 19.2 Å². The van der Waals surface area contributed by atoms with E-state index in [1.807, 2.05) is 0 Å². The Morgan fingerprint density at radius 3 is 2.65 bits per heavy atom. The molecule has 0 aromatic carbocycles. The first-order valence-corrected chi connectivity index (χ1v) is 8.15. The summed E-state index contributed by atoms with van der Waals surface area (Å²) in [5, 5.41) is 3.96. The second kappa shape index (κ2) is 7.98. The Labute approximate surface area is 149 Å². The van der Waals surface area contributed by atoms with E-state index >= 15 is 0 Å². The third-order valence-electron chi connectivity index (χ3n) is 3.64. The van der Waals surface area contributed by atoms with E-state index in [2.05, 4.69) is 9.84 Å². The summed E-state index contributed by atoms with van der Waals surface area (Å²) in [7, 11) is 1.48. The molecule has 0 aliphatic carbocycles. The quantitative estimate of drug-likeness (QED) is 0.780. The molecule has 0 saturated carbocycles. The van der Waals surface area contributed by atoms with Crippen LogP contribution in [0.3, 0.4) is 0 Å². The van der Waals surface area contributed by atoms with Crippen LogP contribution in [0.4, 0.5) is 13.6 Å². The number of alkyl halides is 2. The minimum absolute atomic E-state index is 0.136. The number of likely N-dealkylation sites (tertiary alicyclic amines) is 1. The first kappa shape index (κ1) is 20.1. The zero-order valence-electron chi connectivity index (χ0n) is 15.1. The first-order chi connectivity index (χ1) is 12.0. The van der Waals surface area contributed by atoms with Gasteiger partial charge in [-0.1, -0.05) is 0 Å². The van der Waals surface area contributed by atoms with Crippen molar-refractivity contribution in [3.8, 4) is 5.88 Å². The highest BCUT2D eigenvalue weighted by Crippen LogP contribution is 2.25. The van der Waals surface area contributed by atoms with Crippen molar-refractivity contribution in [2.45, 2.75) is 51.6 Å². The highest BCUT2D eigenvalue weighted by atomic mass is 19.3. The van der Waals surface area contributed by atoms with E-state index < -0.39 is 30.5 Å². The molecule has 1 amide bonds. The van der Waals surface area contributed by atoms with Gasteiger partial charge in [-0.05, 0) is 20.8 Å². The fourth-order valence-corrected chi connectivity index (χ4v) is 2.56. The number of nitrogens with zero attached hydrogens (tertiary/aromatic N) is 3. The molecule has 0 spiro atoms. The summed E-state index contributed by atoms with van der Waals surface area (Å²) in [6.07, 6.45) is -0.838. The van der Waals surface area contributed by atoms with E-state index in [1.165, 1.54) is 24.1 Å². The Morgan fingerprint density at radius 2 is 2.08 bits per heavy atom. The molecule has 2 rings (SSSR count). The van der Waals surface area contributed by atoms with Crippen LogP contribution in [0.1, 0.15) is 27.2 Å². The number of halogens is 2. The molecule has 1 aromatic heterocycles. The molecule has 1 aliphatic heterocycles. The van der Waals surface area contributed by atoms with Crippen LogP contribution >= 0.6 is 0 Å². The number of ether oxygens (including phenoxy) is 3. The maximum atomic E-state index is 12.4. The topological polar surface area (TPSA) is 82.9 Å². The molecule has 8 nitrogen and oxygen atoms in total. The average Bonchev–Trinajstić information content (AvgIpc) is 2.90. The second-order valence-electron chi connectivity index (χ2n) is 6.99. The third-order valence-corrected chi connectivity index (χ3v) is 3.64. The average molecular weight is 375 g/mol. The molecule has 1 aliphatic rings. The number of aromatic nitrogens is 2. The van der Waals surface area contributed by atoms with E-state index in [1.54, 1.807) is 20.8 Å². The number of rotatable bonds is 5. The normalized spacial score (nSPS) is 20.5. The van der Waals surface area contributed by atoms with E-state index in [4.69, 9.17) is 9.47 Å². The number of carbonyl (C=O) groups is 1. The largest absolute Gasteiger partial charge is 0.471 e. The van der Waals surface area contributed by atoms with E-state index in [0.717, 1.165) is 4.68 Å². The van der Waals surface area contributed by atoms with Gasteiger partial charge in [0, 0.05) is 25.6 Å². The molecule has 26 heavy (non-hydrogen) atoms. The van der Waals surface area contributed by atoms with Gasteiger partial charge >= 0.3 is 12.7 Å². The number of amides is 1. The van der Waals surface area contributed by atoms with Crippen molar-refractivity contribution in [1.82, 2.24) is 14.7 Å². The second-order valence-corrected chi connectivity index (χ2v) is 6.99. The summed E-state index contributed by atoms with van der Waals surface area (Å²) in [4.78, 5) is 25.0. The summed E-state index contributed by atoms with van der Waals surface area (Å²) in [5.74, 6) is 0.205. The molecule has 1 fully saturated rings. The van der Waals surface area contributed by atoms with Gasteiger partial charge in [-0.3, -0.25) is 9.69 Å². The molecular formula is C16H23F2N3O5. The van der Waals surface area contributed by atoms with Crippen LogP contribution in [-0.2, 0) is 16.5 Å². The highest BCUT2D eigenvalue weighted by molar-refractivity contribution is 5.69. The maximum Gasteiger partial charge on any atom is 0.410 e. The van der Waals surface area contributed by atoms with Gasteiger partial charge < -0.3 is 14.2 Å². The van der Waals surface area contributed by atoms with Crippen molar-refractivity contribution in [1.29, 1.82) is 0 Å². The van der Waals surface area contributed by atoms with Gasteiger partial charge in [-0.2, -0.15) is 8.78 Å². The number of hydrogen-bond donors (Lipinski definition) is 0. The van der Waals surface area contributed by atoms with Gasteiger partial charge in [0.1, 0.15) is 11.7 Å². The van der Waals surface area contributed by atoms with Gasteiger partial charge in [0.15, 0.2) is 0 Å². The molecule has 2 atom stereocenters. The molecule has 0 N–H and O–H groups in total. The number of carbonyl (C=O) groups excluding carboxylic acids is 1. The van der Waals surface area contributed by atoms with Gasteiger partial charge in [0.25, 0.3) is 5.56 Å². The van der Waals surface area contributed by atoms with Crippen LogP contribution in [0.2, 0.25) is 0 Å². The van der Waals surface area contributed by atoms with Crippen LogP contribution in [0.15, 0.2) is 16.9 Å². The summed E-state index contributed by atoms with van der Waals surface area (Å²) < 4.78 is 41.3. The summed E-state index contributed by atoms with van der Waals surface area (Å²) in [6.45, 7) is 2.02. The number of aryl methyl sites for hydroxylation is 1. The fraction of sp³-hybridized carbons (Fsp3) is 0.688. The molecule has 0 bridgehead atoms. The van der Waals surface area contributed by atoms with Crippen molar-refractivity contribution in [3.63, 3.8) is 0 Å². The smallest absolute Gasteiger partial charge is 0.410 e. The van der Waals surface area contributed by atoms with Gasteiger partial charge in [-0.25, -0.2) is 9.48 Å². The van der Waals surface area contributed by atoms with E-state index in [-0.39, 0.29) is 31.0 Å². The van der Waals surface area contributed by atoms with Crippen LogP contribution in [0.25, 0.3) is 0 Å². The fourth-order valence-electron chi connectivity index (χ4n) is 2.56. The Morgan fingerprint density at radius 1 is 1.38 bits per heavy atom. The van der Waals surface area contributed by atoms with Crippen molar-refractivity contribution in [2.75, 3.05) is 13.2 Å². The molecule has 10 heteroatoms. The van der Waals surface area contributed by atoms with Gasteiger partial charge in [0.2, 0.25) is 5.88 Å². The van der Waals surface area contributed by atoms with E-state index in [0.29, 0.717) is 0 Å². The lowest BCUT2D eigenvalue weighted by atomic mass is 10.2. The highest BCUT2D eigenvalue weighted by Gasteiger charge is 2.39. The van der Waals surface area contributed by atoms with Crippen LogP contribution < -0.4 is 10.3 Å². The molecule has 0 radical (unpaired) electrons. The SMILES string of the molecule is Cn1nc(O[C@H]2C[C@@H](COC(F)F)N(C(=O)OC(C)(C)C)C2)ccc1=O. The zero-order valence-corrected chi connectivity index (χ0v) is 15.1. The Kier molecular flexibility index (Phi) is 6.17. The summed E-state index contributed by atoms with van der Waals surface area (Å²) in [6, 6.07) is 2.11. The van der Waals surface area contributed by atoms with Crippen LogP contribution in [0.5, 0.6) is 5.88 Å². The van der Waals surface area contributed by atoms with Crippen molar-refractivity contribution >= 4 is 6.09 Å². The summed E-state index contributed by atoms with van der Waals surface area (Å²) in [5.41, 5.74) is -1.01. The Bertz CT molecular complexity index is 689. The predicted octanol–water partition coefficient (Wildman–Crippen LogP) is 1.78. The molecule has 1 saturated heterocycles. The van der Waals surface area contributed by atoms with Crippen molar-refractivity contribution < 1.29 is 27.8 Å². The lowest BCUT2D eigenvalue weighted by molar-refractivity contribution is -0.138. The zero-order chi connectivity index (χ0) is 19.5. The third kappa shape index (κ3) is 5.65. The molecule has 146 valence electrons. The lowest BCUT2D eigenvalue weighted by Crippen LogP contribution is -2.42.